The van der Waals surface area contributed by atoms with Gasteiger partial charge in [-0.2, -0.15) is 0 Å². The molecule has 2 fully saturated rings. The van der Waals surface area contributed by atoms with Crippen molar-refractivity contribution in [2.45, 2.75) is 25.4 Å². The van der Waals surface area contributed by atoms with Gasteiger partial charge in [-0.1, -0.05) is 17.5 Å². The molecule has 2 saturated heterocycles. The second kappa shape index (κ2) is 13.0. The Morgan fingerprint density at radius 2 is 1.90 bits per heavy atom. The number of hydrogen-bond donors (Lipinski definition) is 1. The number of nitrogens with one attached hydrogen (secondary N) is 1. The second-order valence-electron chi connectivity index (χ2n) is 10.1. The van der Waals surface area contributed by atoms with Gasteiger partial charge in [0, 0.05) is 57.7 Å². The summed E-state index contributed by atoms with van der Waals surface area (Å²) in [4.78, 5) is 18.0. The van der Waals surface area contributed by atoms with Crippen LogP contribution in [0.3, 0.4) is 0 Å². The highest BCUT2D eigenvalue weighted by molar-refractivity contribution is 6.33. The number of benzene rings is 1. The smallest absolute Gasteiger partial charge is 0.262 e. The first-order chi connectivity index (χ1) is 20.2. The van der Waals surface area contributed by atoms with Crippen LogP contribution in [0.1, 0.15) is 19.3 Å². The fourth-order valence-electron chi connectivity index (χ4n) is 5.22. The summed E-state index contributed by atoms with van der Waals surface area (Å²) >= 11 is 6.50. The van der Waals surface area contributed by atoms with E-state index in [-0.39, 0.29) is 12.9 Å². The van der Waals surface area contributed by atoms with Crippen LogP contribution in [0.5, 0.6) is 23.1 Å². The molecule has 0 bridgehead atoms. The number of halogens is 1. The van der Waals surface area contributed by atoms with Gasteiger partial charge in [0.15, 0.2) is 0 Å². The lowest BCUT2D eigenvalue weighted by atomic mass is 10.1. The third kappa shape index (κ3) is 6.52. The van der Waals surface area contributed by atoms with E-state index < -0.39 is 0 Å². The number of aromatic nitrogens is 3. The van der Waals surface area contributed by atoms with Crippen molar-refractivity contribution in [3.05, 3.63) is 29.7 Å². The van der Waals surface area contributed by atoms with Crippen molar-refractivity contribution >= 4 is 34.0 Å². The van der Waals surface area contributed by atoms with Gasteiger partial charge < -0.3 is 33.9 Å². The fraction of sp³-hybridized carbons (Fsp3) is 0.483. The van der Waals surface area contributed by atoms with Crippen LogP contribution < -0.4 is 24.3 Å². The molecule has 0 radical (unpaired) electrons. The highest BCUT2D eigenvalue weighted by Gasteiger charge is 2.25. The molecule has 6 rings (SSSR count). The van der Waals surface area contributed by atoms with Crippen molar-refractivity contribution in [1.82, 2.24) is 24.8 Å². The summed E-state index contributed by atoms with van der Waals surface area (Å²) in [5, 5.41) is 4.42. The van der Waals surface area contributed by atoms with Gasteiger partial charge in [0.1, 0.15) is 35.4 Å². The predicted molar refractivity (Wildman–Crippen MR) is 154 cm³/mol. The van der Waals surface area contributed by atoms with Gasteiger partial charge in [-0.05, 0) is 6.42 Å². The third-order valence-electron chi connectivity index (χ3n) is 7.40. The topological polar surface area (TPSA) is 103 Å². The highest BCUT2D eigenvalue weighted by Crippen LogP contribution is 2.44. The van der Waals surface area contributed by atoms with E-state index in [1.54, 1.807) is 0 Å². The number of anilines is 2. The minimum absolute atomic E-state index is 0.00823. The number of nitrogens with zero attached hydrogens (tertiary/aromatic N) is 5. The van der Waals surface area contributed by atoms with Crippen molar-refractivity contribution in [2.24, 2.45) is 0 Å². The molecule has 1 N–H and O–H groups in total. The monoisotopic (exact) mass is 580 g/mol. The van der Waals surface area contributed by atoms with Crippen molar-refractivity contribution in [1.29, 1.82) is 0 Å². The molecule has 12 heteroatoms. The molecule has 0 spiro atoms. The molecule has 0 amide bonds. The molecular formula is C29H33ClN6O5. The molecule has 11 nitrogen and oxygen atoms in total. The lowest BCUT2D eigenvalue weighted by molar-refractivity contribution is 0.0261. The molecule has 0 atom stereocenters. The second-order valence-corrected chi connectivity index (χ2v) is 10.5. The van der Waals surface area contributed by atoms with E-state index in [4.69, 9.17) is 41.7 Å². The number of pyridine rings is 1. The van der Waals surface area contributed by atoms with Crippen LogP contribution in [-0.2, 0) is 4.74 Å². The number of terminal acetylenes is 1. The zero-order valence-electron chi connectivity index (χ0n) is 22.8. The largest absolute Gasteiger partial charge is 0.493 e. The zero-order chi connectivity index (χ0) is 28.0. The Labute approximate surface area is 244 Å². The minimum atomic E-state index is 0.00823. The molecule has 3 aromatic rings. The number of hydrogen-bond acceptors (Lipinski definition) is 11. The normalized spacial score (nSPS) is 17.9. The van der Waals surface area contributed by atoms with Gasteiger partial charge in [0.05, 0.1) is 48.5 Å². The van der Waals surface area contributed by atoms with Gasteiger partial charge in [0.2, 0.25) is 12.5 Å². The first-order valence-corrected chi connectivity index (χ1v) is 14.3. The van der Waals surface area contributed by atoms with E-state index in [0.29, 0.717) is 65.0 Å². The highest BCUT2D eigenvalue weighted by atomic mass is 35.5. The van der Waals surface area contributed by atoms with Gasteiger partial charge in [-0.15, -0.1) is 6.42 Å². The Morgan fingerprint density at radius 1 is 1.07 bits per heavy atom. The Hall–Kier alpha value is -3.56. The maximum atomic E-state index is 6.53. The summed E-state index contributed by atoms with van der Waals surface area (Å²) in [5.41, 5.74) is 1.21. The van der Waals surface area contributed by atoms with Gasteiger partial charge in [0.25, 0.3) is 5.88 Å². The fourth-order valence-corrected chi connectivity index (χ4v) is 5.40. The van der Waals surface area contributed by atoms with Crippen molar-refractivity contribution in [2.75, 3.05) is 71.2 Å². The summed E-state index contributed by atoms with van der Waals surface area (Å²) in [6.07, 6.45) is 11.0. The van der Waals surface area contributed by atoms with Crippen LogP contribution >= 0.6 is 11.6 Å². The Bertz CT molecular complexity index is 1400. The molecule has 216 valence electrons. The summed E-state index contributed by atoms with van der Waals surface area (Å²) in [6, 6.07) is 3.83. The molecule has 3 aliphatic rings. The van der Waals surface area contributed by atoms with E-state index >= 15 is 0 Å². The van der Waals surface area contributed by atoms with Crippen LogP contribution in [0.4, 0.5) is 11.5 Å². The average molecular weight is 581 g/mol. The number of rotatable bonds is 10. The summed E-state index contributed by atoms with van der Waals surface area (Å²) in [6.45, 7) is 7.73. The lowest BCUT2D eigenvalue weighted by Gasteiger charge is -2.33. The first-order valence-electron chi connectivity index (χ1n) is 13.9. The van der Waals surface area contributed by atoms with Crippen LogP contribution in [0.15, 0.2) is 24.7 Å². The molecule has 41 heavy (non-hydrogen) atoms. The summed E-state index contributed by atoms with van der Waals surface area (Å²) in [7, 11) is 0. The van der Waals surface area contributed by atoms with Crippen LogP contribution in [0.2, 0.25) is 5.02 Å². The van der Waals surface area contributed by atoms with Gasteiger partial charge in [-0.25, -0.2) is 15.0 Å². The molecule has 0 saturated carbocycles. The third-order valence-corrected chi connectivity index (χ3v) is 7.69. The first kappa shape index (κ1) is 27.6. The van der Waals surface area contributed by atoms with Gasteiger partial charge >= 0.3 is 0 Å². The predicted octanol–water partition coefficient (Wildman–Crippen LogP) is 3.73. The van der Waals surface area contributed by atoms with E-state index in [0.717, 1.165) is 63.9 Å². The van der Waals surface area contributed by atoms with Crippen molar-refractivity contribution in [3.8, 4) is 35.5 Å². The number of ether oxygens (including phenoxy) is 5. The van der Waals surface area contributed by atoms with E-state index in [1.807, 2.05) is 12.1 Å². The quantitative estimate of drug-likeness (QED) is 0.280. The molecule has 0 unspecified atom stereocenters. The SMILES string of the molecule is C#CCN1CCN(CCCOc2cc(OC3CCOCC3)c3c(Nc4c(Cl)cnc5c4OCO5)ncnc3c2)CC1. The molecule has 5 heterocycles. The molecule has 3 aliphatic heterocycles. The molecule has 0 aliphatic carbocycles. The maximum Gasteiger partial charge on any atom is 0.262 e. The molecular weight excluding hydrogens is 548 g/mol. The lowest BCUT2D eigenvalue weighted by Crippen LogP contribution is -2.46. The summed E-state index contributed by atoms with van der Waals surface area (Å²) < 4.78 is 29.3. The molecule has 1 aromatic carbocycles. The number of fused-ring (bicyclic) bond motifs is 2. The zero-order valence-corrected chi connectivity index (χ0v) is 23.6. The summed E-state index contributed by atoms with van der Waals surface area (Å²) in [5.74, 6) is 5.40. The van der Waals surface area contributed by atoms with Gasteiger partial charge in [-0.3, -0.25) is 4.90 Å². The Balaban J connectivity index is 1.20. The average Bonchev–Trinajstić information content (AvgIpc) is 3.48. The maximum absolute atomic E-state index is 6.53. The Morgan fingerprint density at radius 3 is 2.73 bits per heavy atom. The minimum Gasteiger partial charge on any atom is -0.493 e. The van der Waals surface area contributed by atoms with E-state index in [2.05, 4.69) is 36.0 Å². The van der Waals surface area contributed by atoms with E-state index in [1.165, 1.54) is 12.5 Å². The van der Waals surface area contributed by atoms with Crippen LogP contribution in [0.25, 0.3) is 10.9 Å². The van der Waals surface area contributed by atoms with Crippen LogP contribution in [0, 0.1) is 12.3 Å². The molecule has 2 aromatic heterocycles. The van der Waals surface area contributed by atoms with E-state index in [9.17, 15) is 0 Å². The number of piperazine rings is 1. The standard InChI is InChI=1S/C29H33ClN6O5/c1-2-6-35-8-10-36(11-9-35)7-3-12-38-21-15-23-25(24(16-21)41-20-4-13-37-14-5-20)28(33-18-32-23)34-26-22(30)17-31-29-27(26)39-19-40-29/h1,15-18,20H,3-14,19H2,(H,31,32,33,34). The van der Waals surface area contributed by atoms with Crippen molar-refractivity contribution in [3.63, 3.8) is 0 Å². The van der Waals surface area contributed by atoms with Crippen LogP contribution in [-0.4, -0.2) is 96.7 Å². The van der Waals surface area contributed by atoms with Crippen molar-refractivity contribution < 1.29 is 23.7 Å². The Kier molecular flexibility index (Phi) is 8.72.